The van der Waals surface area contributed by atoms with E-state index in [0.29, 0.717) is 17.7 Å². The summed E-state index contributed by atoms with van der Waals surface area (Å²) in [5.41, 5.74) is 0.366. The standard InChI is InChI=1S/C22H24BrN3O4/c1-4-22(16-8-6-5-7-9-16)20(28)26(21(29)24-22)14-19(27)25(2)13-15-12-17(23)10-11-18(15)30-3/h5-12H,4,13-14H2,1-3H3,(H,24,29). The molecular weight excluding hydrogens is 450 g/mol. The van der Waals surface area contributed by atoms with Gasteiger partial charge in [0.2, 0.25) is 5.91 Å². The average molecular weight is 474 g/mol. The molecule has 1 unspecified atom stereocenters. The highest BCUT2D eigenvalue weighted by molar-refractivity contribution is 9.10. The Bertz CT molecular complexity index is 966. The number of imide groups is 1. The number of carbonyl (C=O) groups excluding carboxylic acids is 3. The smallest absolute Gasteiger partial charge is 0.325 e. The van der Waals surface area contributed by atoms with Gasteiger partial charge in [-0.25, -0.2) is 4.79 Å². The van der Waals surface area contributed by atoms with Crippen molar-refractivity contribution in [2.75, 3.05) is 20.7 Å². The number of amides is 4. The number of hydrogen-bond donors (Lipinski definition) is 1. The van der Waals surface area contributed by atoms with E-state index in [2.05, 4.69) is 21.2 Å². The van der Waals surface area contributed by atoms with E-state index in [0.717, 1.165) is 14.9 Å². The van der Waals surface area contributed by atoms with Crippen LogP contribution in [0.3, 0.4) is 0 Å². The normalized spacial score (nSPS) is 18.3. The number of nitrogens with one attached hydrogen (secondary N) is 1. The van der Waals surface area contributed by atoms with Gasteiger partial charge in [0.05, 0.1) is 7.11 Å². The van der Waals surface area contributed by atoms with E-state index < -0.39 is 17.5 Å². The summed E-state index contributed by atoms with van der Waals surface area (Å²) in [5.74, 6) is -0.106. The number of urea groups is 1. The van der Waals surface area contributed by atoms with Crippen LogP contribution in [0.1, 0.15) is 24.5 Å². The molecule has 1 fully saturated rings. The molecule has 0 saturated carbocycles. The van der Waals surface area contributed by atoms with Gasteiger partial charge in [-0.1, -0.05) is 53.2 Å². The minimum Gasteiger partial charge on any atom is -0.496 e. The predicted molar refractivity (Wildman–Crippen MR) is 116 cm³/mol. The van der Waals surface area contributed by atoms with Gasteiger partial charge in [0, 0.05) is 23.6 Å². The Morgan fingerprint density at radius 3 is 2.53 bits per heavy atom. The van der Waals surface area contributed by atoms with Crippen molar-refractivity contribution in [2.45, 2.75) is 25.4 Å². The van der Waals surface area contributed by atoms with Crippen LogP contribution >= 0.6 is 15.9 Å². The van der Waals surface area contributed by atoms with Crippen LogP contribution in [-0.2, 0) is 21.7 Å². The number of halogens is 1. The molecule has 1 heterocycles. The molecule has 1 atom stereocenters. The zero-order valence-corrected chi connectivity index (χ0v) is 18.7. The minimum atomic E-state index is -1.15. The summed E-state index contributed by atoms with van der Waals surface area (Å²) in [7, 11) is 3.20. The average Bonchev–Trinajstić information content (AvgIpc) is 2.99. The Morgan fingerprint density at radius 1 is 1.20 bits per heavy atom. The van der Waals surface area contributed by atoms with Gasteiger partial charge in [-0.3, -0.25) is 14.5 Å². The minimum absolute atomic E-state index is 0.280. The van der Waals surface area contributed by atoms with Gasteiger partial charge < -0.3 is 15.0 Å². The second-order valence-corrected chi connectivity index (χ2v) is 8.07. The maximum atomic E-state index is 13.2. The van der Waals surface area contributed by atoms with Crippen molar-refractivity contribution in [2.24, 2.45) is 0 Å². The van der Waals surface area contributed by atoms with Crippen molar-refractivity contribution in [3.8, 4) is 5.75 Å². The number of carbonyl (C=O) groups is 3. The molecule has 1 aliphatic rings. The summed E-state index contributed by atoms with van der Waals surface area (Å²) in [4.78, 5) is 41.0. The lowest BCUT2D eigenvalue weighted by Gasteiger charge is -2.26. The van der Waals surface area contributed by atoms with Gasteiger partial charge in [0.1, 0.15) is 17.8 Å². The number of ether oxygens (including phenoxy) is 1. The van der Waals surface area contributed by atoms with E-state index in [9.17, 15) is 14.4 Å². The largest absolute Gasteiger partial charge is 0.496 e. The number of likely N-dealkylation sites (N-methyl/N-ethyl adjacent to an activating group) is 1. The van der Waals surface area contributed by atoms with Gasteiger partial charge in [-0.15, -0.1) is 0 Å². The Labute approximate surface area is 184 Å². The Balaban J connectivity index is 1.76. The molecule has 0 aromatic heterocycles. The third-order valence-electron chi connectivity index (χ3n) is 5.34. The first-order chi connectivity index (χ1) is 14.3. The van der Waals surface area contributed by atoms with Gasteiger partial charge in [0.15, 0.2) is 0 Å². The molecule has 1 N–H and O–H groups in total. The molecule has 1 saturated heterocycles. The van der Waals surface area contributed by atoms with E-state index >= 15 is 0 Å². The lowest BCUT2D eigenvalue weighted by molar-refractivity contribution is -0.138. The lowest BCUT2D eigenvalue weighted by Crippen LogP contribution is -2.45. The third kappa shape index (κ3) is 4.05. The van der Waals surface area contributed by atoms with E-state index in [-0.39, 0.29) is 19.0 Å². The monoisotopic (exact) mass is 473 g/mol. The summed E-state index contributed by atoms with van der Waals surface area (Å²) in [5, 5.41) is 2.79. The summed E-state index contributed by atoms with van der Waals surface area (Å²) in [6.07, 6.45) is 0.386. The van der Waals surface area contributed by atoms with Crippen molar-refractivity contribution in [1.29, 1.82) is 0 Å². The maximum absolute atomic E-state index is 13.2. The SMILES string of the molecule is CCC1(c2ccccc2)NC(=O)N(CC(=O)N(C)Cc2cc(Br)ccc2OC)C1=O. The zero-order valence-electron chi connectivity index (χ0n) is 17.1. The number of methoxy groups -OCH3 is 1. The summed E-state index contributed by atoms with van der Waals surface area (Å²) in [6, 6.07) is 14.1. The zero-order chi connectivity index (χ0) is 21.9. The van der Waals surface area contributed by atoms with E-state index in [4.69, 9.17) is 4.74 Å². The van der Waals surface area contributed by atoms with Gasteiger partial charge in [-0.2, -0.15) is 0 Å². The fourth-order valence-electron chi connectivity index (χ4n) is 3.60. The third-order valence-corrected chi connectivity index (χ3v) is 5.83. The van der Waals surface area contributed by atoms with Crippen molar-refractivity contribution >= 4 is 33.8 Å². The number of hydrogen-bond acceptors (Lipinski definition) is 4. The second kappa shape index (κ2) is 8.87. The quantitative estimate of drug-likeness (QED) is 0.625. The predicted octanol–water partition coefficient (Wildman–Crippen LogP) is 3.27. The molecular formula is C22H24BrN3O4. The second-order valence-electron chi connectivity index (χ2n) is 7.15. The van der Waals surface area contributed by atoms with E-state index in [1.807, 2.05) is 43.3 Å². The van der Waals surface area contributed by atoms with Crippen molar-refractivity contribution in [3.05, 3.63) is 64.1 Å². The van der Waals surface area contributed by atoms with Gasteiger partial charge in [0.25, 0.3) is 5.91 Å². The first-order valence-corrected chi connectivity index (χ1v) is 10.4. The Morgan fingerprint density at radius 2 is 1.90 bits per heavy atom. The molecule has 0 radical (unpaired) electrons. The van der Waals surface area contributed by atoms with Crippen molar-refractivity contribution in [1.82, 2.24) is 15.1 Å². The van der Waals surface area contributed by atoms with Crippen LogP contribution < -0.4 is 10.1 Å². The molecule has 8 heteroatoms. The topological polar surface area (TPSA) is 79.0 Å². The van der Waals surface area contributed by atoms with Crippen molar-refractivity contribution < 1.29 is 19.1 Å². The fourth-order valence-corrected chi connectivity index (χ4v) is 4.01. The number of benzene rings is 2. The highest BCUT2D eigenvalue weighted by atomic mass is 79.9. The van der Waals surface area contributed by atoms with Crippen LogP contribution in [0.5, 0.6) is 5.75 Å². The van der Waals surface area contributed by atoms with E-state index in [1.165, 1.54) is 4.90 Å². The highest BCUT2D eigenvalue weighted by Gasteiger charge is 2.51. The molecule has 3 rings (SSSR count). The molecule has 7 nitrogen and oxygen atoms in total. The van der Waals surface area contributed by atoms with Crippen LogP contribution in [-0.4, -0.2) is 48.3 Å². The molecule has 2 aromatic rings. The number of rotatable bonds is 7. The van der Waals surface area contributed by atoms with Gasteiger partial charge >= 0.3 is 6.03 Å². The van der Waals surface area contributed by atoms with Crippen molar-refractivity contribution in [3.63, 3.8) is 0 Å². The fraction of sp³-hybridized carbons (Fsp3) is 0.318. The number of nitrogens with zero attached hydrogens (tertiary/aromatic N) is 2. The summed E-state index contributed by atoms with van der Waals surface area (Å²) >= 11 is 3.42. The van der Waals surface area contributed by atoms with Crippen LogP contribution in [0.15, 0.2) is 53.0 Å². The van der Waals surface area contributed by atoms with Crippen LogP contribution in [0, 0.1) is 0 Å². The lowest BCUT2D eigenvalue weighted by atomic mass is 9.87. The summed E-state index contributed by atoms with van der Waals surface area (Å²) in [6.45, 7) is 1.79. The van der Waals surface area contributed by atoms with Crippen LogP contribution in [0.4, 0.5) is 4.79 Å². The molecule has 0 bridgehead atoms. The molecule has 4 amide bonds. The maximum Gasteiger partial charge on any atom is 0.325 e. The van der Waals surface area contributed by atoms with Crippen LogP contribution in [0.2, 0.25) is 0 Å². The van der Waals surface area contributed by atoms with E-state index in [1.54, 1.807) is 26.3 Å². The Hall–Kier alpha value is -2.87. The molecule has 158 valence electrons. The van der Waals surface area contributed by atoms with Gasteiger partial charge in [-0.05, 0) is 30.2 Å². The van der Waals surface area contributed by atoms with Crippen LogP contribution in [0.25, 0.3) is 0 Å². The molecule has 2 aromatic carbocycles. The Kier molecular flexibility index (Phi) is 6.45. The highest BCUT2D eigenvalue weighted by Crippen LogP contribution is 2.32. The molecule has 0 spiro atoms. The molecule has 1 aliphatic heterocycles. The molecule has 30 heavy (non-hydrogen) atoms. The first-order valence-electron chi connectivity index (χ1n) is 9.58. The first kappa shape index (κ1) is 21.8. The summed E-state index contributed by atoms with van der Waals surface area (Å²) < 4.78 is 6.22. The molecule has 0 aliphatic carbocycles.